The van der Waals surface area contributed by atoms with Crippen molar-refractivity contribution >= 4 is 44.8 Å². The number of anilines is 3. The van der Waals surface area contributed by atoms with Gasteiger partial charge in [-0.1, -0.05) is 60.2 Å². The van der Waals surface area contributed by atoms with Gasteiger partial charge in [0, 0.05) is 22.8 Å². The molecule has 0 unspecified atom stereocenters. The topological polar surface area (TPSA) is 78.9 Å². The van der Waals surface area contributed by atoms with E-state index in [1.54, 1.807) is 60.2 Å². The number of sulfonamides is 1. The molecule has 5 aromatic rings. The van der Waals surface area contributed by atoms with E-state index in [4.69, 9.17) is 4.74 Å². The van der Waals surface area contributed by atoms with Gasteiger partial charge in [0.1, 0.15) is 11.9 Å². The fraction of sp³-hybridized carbons (Fsp3) is 0.139. The highest BCUT2D eigenvalue weighted by Gasteiger charge is 2.40. The average molecular weight is 636 g/mol. The monoisotopic (exact) mass is 635 g/mol. The summed E-state index contributed by atoms with van der Waals surface area (Å²) in [4.78, 5) is 19.6. The average Bonchev–Trinajstić information content (AvgIpc) is 3.07. The summed E-state index contributed by atoms with van der Waals surface area (Å²) < 4.78 is 35.0. The minimum Gasteiger partial charge on any atom is -0.497 e. The van der Waals surface area contributed by atoms with E-state index in [2.05, 4.69) is 46.0 Å². The van der Waals surface area contributed by atoms with E-state index in [-0.39, 0.29) is 10.8 Å². The second-order valence-electron chi connectivity index (χ2n) is 10.8. The number of carbonyl (C=O) groups is 1. The molecule has 6 rings (SSSR count). The minimum absolute atomic E-state index is 0.00305. The molecule has 45 heavy (non-hydrogen) atoms. The lowest BCUT2D eigenvalue weighted by molar-refractivity contribution is 0.0968. The molecule has 228 valence electrons. The van der Waals surface area contributed by atoms with Gasteiger partial charge >= 0.3 is 0 Å². The van der Waals surface area contributed by atoms with E-state index >= 15 is 0 Å². The number of hydrogen-bond acceptors (Lipinski definition) is 6. The molecule has 0 fully saturated rings. The van der Waals surface area contributed by atoms with E-state index in [0.717, 1.165) is 27.3 Å². The zero-order chi connectivity index (χ0) is 31.6. The molecule has 0 radical (unpaired) electrons. The fourth-order valence-electron chi connectivity index (χ4n) is 5.51. The Bertz CT molecular complexity index is 1910. The van der Waals surface area contributed by atoms with Crippen LogP contribution < -0.4 is 19.3 Å². The Morgan fingerprint density at radius 2 is 1.53 bits per heavy atom. The van der Waals surface area contributed by atoms with E-state index < -0.39 is 16.2 Å². The lowest BCUT2D eigenvalue weighted by Crippen LogP contribution is -2.49. The number of nitrogens with one attached hydrogen (secondary N) is 1. The molecule has 5 aromatic carbocycles. The first-order chi connectivity index (χ1) is 21.8. The summed E-state index contributed by atoms with van der Waals surface area (Å²) in [6.07, 6.45) is 1.55. The second kappa shape index (κ2) is 12.7. The van der Waals surface area contributed by atoms with Crippen molar-refractivity contribution < 1.29 is 17.9 Å². The van der Waals surface area contributed by atoms with Crippen LogP contribution in [0, 0.1) is 6.92 Å². The third kappa shape index (κ3) is 6.27. The van der Waals surface area contributed by atoms with Gasteiger partial charge in [-0.05, 0) is 91.0 Å². The molecular weight excluding hydrogens is 603 g/mol. The molecule has 0 aliphatic carbocycles. The molecular formula is C36H33N3O4S2. The van der Waals surface area contributed by atoms with Crippen molar-refractivity contribution in [3.63, 3.8) is 0 Å². The molecule has 7 nitrogen and oxygen atoms in total. The van der Waals surface area contributed by atoms with Crippen molar-refractivity contribution in [1.82, 2.24) is 0 Å². The molecule has 1 atom stereocenters. The Balaban J connectivity index is 1.50. The maximum atomic E-state index is 14.6. The Morgan fingerprint density at radius 3 is 2.18 bits per heavy atom. The van der Waals surface area contributed by atoms with Crippen molar-refractivity contribution in [3.05, 3.63) is 144 Å². The third-order valence-corrected chi connectivity index (χ3v) is 9.96. The van der Waals surface area contributed by atoms with Crippen LogP contribution in [0.3, 0.4) is 0 Å². The van der Waals surface area contributed by atoms with Gasteiger partial charge < -0.3 is 9.64 Å². The lowest BCUT2D eigenvalue weighted by atomic mass is 9.99. The number of benzene rings is 5. The molecule has 9 heteroatoms. The molecule has 1 aliphatic heterocycles. The largest absolute Gasteiger partial charge is 0.497 e. The Labute approximate surface area is 268 Å². The van der Waals surface area contributed by atoms with Gasteiger partial charge in [-0.3, -0.25) is 14.4 Å². The maximum absolute atomic E-state index is 14.6. The fourth-order valence-corrected chi connectivity index (χ4v) is 7.00. The van der Waals surface area contributed by atoms with Gasteiger partial charge in [-0.15, -0.1) is 11.8 Å². The zero-order valence-electron chi connectivity index (χ0n) is 25.2. The van der Waals surface area contributed by atoms with Crippen LogP contribution in [0.15, 0.2) is 131 Å². The van der Waals surface area contributed by atoms with Crippen molar-refractivity contribution in [2.24, 2.45) is 0 Å². The lowest BCUT2D eigenvalue weighted by Gasteiger charge is -2.46. The number of rotatable bonds is 9. The van der Waals surface area contributed by atoms with Crippen LogP contribution in [0.2, 0.25) is 0 Å². The van der Waals surface area contributed by atoms with E-state index in [1.807, 2.05) is 55.6 Å². The molecule has 1 aliphatic rings. The number of thioether (sulfide) groups is 1. The molecule has 1 amide bonds. The summed E-state index contributed by atoms with van der Waals surface area (Å²) in [5.74, 6) is 0.336. The van der Waals surface area contributed by atoms with E-state index in [1.165, 1.54) is 6.07 Å². The number of ether oxygens (including phenoxy) is 1. The molecule has 0 saturated carbocycles. The Hall–Kier alpha value is -4.73. The number of aryl methyl sites for hydroxylation is 1. The number of carbonyl (C=O) groups excluding carboxylic acids is 1. The summed E-state index contributed by atoms with van der Waals surface area (Å²) in [6, 6.07) is 37.6. The van der Waals surface area contributed by atoms with Gasteiger partial charge in [0.05, 0.1) is 23.3 Å². The van der Waals surface area contributed by atoms with Crippen molar-refractivity contribution in [2.75, 3.05) is 27.9 Å². The normalized spacial score (nSPS) is 14.6. The molecule has 0 saturated heterocycles. The van der Waals surface area contributed by atoms with Gasteiger partial charge in [0.25, 0.3) is 15.9 Å². The van der Waals surface area contributed by atoms with Crippen molar-refractivity contribution in [3.8, 4) is 5.75 Å². The van der Waals surface area contributed by atoms with Crippen LogP contribution in [-0.4, -0.2) is 27.7 Å². The van der Waals surface area contributed by atoms with Crippen LogP contribution in [0.25, 0.3) is 0 Å². The number of fused-ring (bicyclic) bond motifs is 1. The Kier molecular flexibility index (Phi) is 8.56. The summed E-state index contributed by atoms with van der Waals surface area (Å²) in [7, 11) is -2.46. The van der Waals surface area contributed by atoms with Crippen LogP contribution in [0.1, 0.15) is 33.2 Å². The summed E-state index contributed by atoms with van der Waals surface area (Å²) >= 11 is 1.66. The number of methoxy groups -OCH3 is 1. The Morgan fingerprint density at radius 1 is 0.844 bits per heavy atom. The second-order valence-corrected chi connectivity index (χ2v) is 13.3. The van der Waals surface area contributed by atoms with Crippen LogP contribution in [0.4, 0.5) is 17.1 Å². The van der Waals surface area contributed by atoms with Gasteiger partial charge in [0.15, 0.2) is 0 Å². The molecule has 1 heterocycles. The highest BCUT2D eigenvalue weighted by Crippen LogP contribution is 2.43. The summed E-state index contributed by atoms with van der Waals surface area (Å²) in [6.45, 7) is 2.50. The predicted molar refractivity (Wildman–Crippen MR) is 182 cm³/mol. The standard InChI is InChI=1S/C36H33N3O4S2/c1-25-9-15-29(16-10-25)39-35(27-11-19-31(44-3)20-12-27)38(24-26-7-5-4-6-8-26)34-22-21-32(23-33(34)36(39)40)45(41,42)37-28-13-17-30(43-2)18-14-28/h4-23,35,37H,24H2,1-3H3/t35-/m0/s1. The molecule has 0 spiro atoms. The summed E-state index contributed by atoms with van der Waals surface area (Å²) in [5.41, 5.74) is 5.16. The number of nitrogens with zero attached hydrogens (tertiary/aromatic N) is 2. The third-order valence-electron chi connectivity index (χ3n) is 7.84. The highest BCUT2D eigenvalue weighted by molar-refractivity contribution is 7.98. The quantitative estimate of drug-likeness (QED) is 0.166. The first-order valence-electron chi connectivity index (χ1n) is 14.4. The molecule has 0 aromatic heterocycles. The van der Waals surface area contributed by atoms with Crippen molar-refractivity contribution in [1.29, 1.82) is 0 Å². The first kappa shape index (κ1) is 30.3. The van der Waals surface area contributed by atoms with Crippen LogP contribution >= 0.6 is 11.8 Å². The zero-order valence-corrected chi connectivity index (χ0v) is 26.8. The van der Waals surface area contributed by atoms with Gasteiger partial charge in [0.2, 0.25) is 0 Å². The first-order valence-corrected chi connectivity index (χ1v) is 17.1. The van der Waals surface area contributed by atoms with Crippen LogP contribution in [-0.2, 0) is 16.6 Å². The highest BCUT2D eigenvalue weighted by atomic mass is 32.2. The van der Waals surface area contributed by atoms with Gasteiger partial charge in [-0.2, -0.15) is 0 Å². The van der Waals surface area contributed by atoms with Crippen LogP contribution in [0.5, 0.6) is 5.75 Å². The molecule has 1 N–H and O–H groups in total. The van der Waals surface area contributed by atoms with E-state index in [0.29, 0.717) is 29.2 Å². The van der Waals surface area contributed by atoms with Gasteiger partial charge in [-0.25, -0.2) is 8.42 Å². The smallest absolute Gasteiger partial charge is 0.262 e. The molecule has 0 bridgehead atoms. The summed E-state index contributed by atoms with van der Waals surface area (Å²) in [5, 5.41) is 0. The van der Waals surface area contributed by atoms with Crippen molar-refractivity contribution in [2.45, 2.75) is 29.4 Å². The number of amides is 1. The number of hydrogen-bond donors (Lipinski definition) is 1. The predicted octanol–water partition coefficient (Wildman–Crippen LogP) is 7.89. The van der Waals surface area contributed by atoms with E-state index in [9.17, 15) is 13.2 Å². The SMILES string of the molecule is COc1ccc(NS(=O)(=O)c2ccc3c(c2)C(=O)N(c2ccc(C)cc2)[C@@H](c2ccc(SC)cc2)N3Cc2ccccc2)cc1. The maximum Gasteiger partial charge on any atom is 0.262 e. The minimum atomic E-state index is -4.01.